The van der Waals surface area contributed by atoms with E-state index in [4.69, 9.17) is 14.2 Å². The summed E-state index contributed by atoms with van der Waals surface area (Å²) in [5.41, 5.74) is 6.49. The third kappa shape index (κ3) is 9.80. The maximum Gasteiger partial charge on any atom is 0.328 e. The van der Waals surface area contributed by atoms with Crippen LogP contribution in [0.25, 0.3) is 11.1 Å². The van der Waals surface area contributed by atoms with Crippen LogP contribution in [0.3, 0.4) is 0 Å². The first-order valence-corrected chi connectivity index (χ1v) is 17.7. The molecule has 2 amide bonds. The van der Waals surface area contributed by atoms with Gasteiger partial charge in [-0.25, -0.2) is 19.6 Å². The molecule has 51 heavy (non-hydrogen) atoms. The Hall–Kier alpha value is -5.07. The monoisotopic (exact) mass is 704 g/mol. The number of aliphatic hydroxyl groups excluding tert-OH is 1. The number of methoxy groups -OCH3 is 1. The van der Waals surface area contributed by atoms with Crippen LogP contribution >= 0.6 is 11.8 Å². The molecule has 0 spiro atoms. The number of carbonyl (C=O) groups is 2. The highest BCUT2D eigenvalue weighted by atomic mass is 32.2. The predicted molar refractivity (Wildman–Crippen MR) is 194 cm³/mol. The maximum atomic E-state index is 12.9. The van der Waals surface area contributed by atoms with E-state index in [-0.39, 0.29) is 25.4 Å². The maximum absolute atomic E-state index is 12.9. The van der Waals surface area contributed by atoms with Gasteiger partial charge in [-0.1, -0.05) is 115 Å². The minimum atomic E-state index is -0.825. The molecule has 3 N–H and O–H groups in total. The summed E-state index contributed by atoms with van der Waals surface area (Å²) in [6, 6.07) is 33.7. The standard InChI is InChI=1S/C40H40N4O6S/c1-48-37(46)35(22-27-8-3-2-4-9-27)44-39(47)43-24-32-10-5-6-11-34(32)29-16-18-31(19-17-29)38-49-33(26-51-40-41-20-7-21-42-40)23-36(50-38)30-14-12-28(25-45)13-15-30/h2-21,33,35-36,38,45H,22-26H2,1H3,(H2,43,44,47)/t33-,35+,36+,38+/m1/s1. The fraction of sp³-hybridized carbons (Fsp3) is 0.250. The van der Waals surface area contributed by atoms with Crippen LogP contribution in [0.2, 0.25) is 0 Å². The van der Waals surface area contributed by atoms with Gasteiger partial charge in [0.25, 0.3) is 0 Å². The van der Waals surface area contributed by atoms with Gasteiger partial charge in [0.1, 0.15) is 6.04 Å². The summed E-state index contributed by atoms with van der Waals surface area (Å²) in [4.78, 5) is 34.1. The Bertz CT molecular complexity index is 1860. The van der Waals surface area contributed by atoms with Crippen LogP contribution in [-0.2, 0) is 38.6 Å². The normalized spacial score (nSPS) is 17.6. The van der Waals surface area contributed by atoms with Crippen LogP contribution < -0.4 is 10.6 Å². The number of urea groups is 1. The second-order valence-electron chi connectivity index (χ2n) is 12.1. The number of hydrogen-bond acceptors (Lipinski definition) is 9. The SMILES string of the molecule is COC(=O)[C@H](Cc1ccccc1)NC(=O)NCc1ccccc1-c1ccc([C@H]2O[C@@H](CSc3ncccn3)C[C@@H](c3ccc(CO)cc3)O2)cc1. The molecule has 6 rings (SSSR count). The molecule has 5 aromatic rings. The van der Waals surface area contributed by atoms with Gasteiger partial charge in [-0.05, 0) is 39.4 Å². The molecular weight excluding hydrogens is 665 g/mol. The summed E-state index contributed by atoms with van der Waals surface area (Å²) >= 11 is 1.55. The second kappa shape index (κ2) is 17.7. The number of esters is 1. The molecule has 0 radical (unpaired) electrons. The average molecular weight is 705 g/mol. The van der Waals surface area contributed by atoms with Crippen molar-refractivity contribution < 1.29 is 28.9 Å². The Morgan fingerprint density at radius 3 is 2.29 bits per heavy atom. The number of carbonyl (C=O) groups excluding carboxylic acids is 2. The number of rotatable bonds is 13. The molecule has 1 saturated heterocycles. The summed E-state index contributed by atoms with van der Waals surface area (Å²) in [5, 5.41) is 15.9. The number of nitrogens with one attached hydrogen (secondary N) is 2. The molecule has 1 fully saturated rings. The van der Waals surface area contributed by atoms with Gasteiger partial charge in [0.05, 0.1) is 25.9 Å². The molecule has 10 nitrogen and oxygen atoms in total. The van der Waals surface area contributed by atoms with Crippen molar-refractivity contribution in [2.24, 2.45) is 0 Å². The summed E-state index contributed by atoms with van der Waals surface area (Å²) < 4.78 is 18.0. The molecular formula is C40H40N4O6S. The van der Waals surface area contributed by atoms with Crippen LogP contribution in [0, 0.1) is 0 Å². The second-order valence-corrected chi connectivity index (χ2v) is 13.1. The van der Waals surface area contributed by atoms with Gasteiger partial charge in [-0.3, -0.25) is 0 Å². The number of aromatic nitrogens is 2. The summed E-state index contributed by atoms with van der Waals surface area (Å²) in [5.74, 6) is 0.148. The Kier molecular flexibility index (Phi) is 12.4. The highest BCUT2D eigenvalue weighted by Crippen LogP contribution is 2.39. The lowest BCUT2D eigenvalue weighted by molar-refractivity contribution is -0.245. The molecule has 0 aliphatic carbocycles. The van der Waals surface area contributed by atoms with Gasteiger partial charge in [0.2, 0.25) is 0 Å². The van der Waals surface area contributed by atoms with E-state index >= 15 is 0 Å². The Balaban J connectivity index is 1.13. The number of nitrogens with zero attached hydrogens (tertiary/aromatic N) is 2. The van der Waals surface area contributed by atoms with Crippen molar-refractivity contribution in [2.45, 2.75) is 55.7 Å². The fourth-order valence-electron chi connectivity index (χ4n) is 5.90. The number of thioether (sulfide) groups is 1. The molecule has 2 heterocycles. The van der Waals surface area contributed by atoms with Crippen LogP contribution in [0.5, 0.6) is 0 Å². The highest BCUT2D eigenvalue weighted by Gasteiger charge is 2.32. The molecule has 1 aromatic heterocycles. The van der Waals surface area contributed by atoms with Crippen molar-refractivity contribution in [1.29, 1.82) is 0 Å². The van der Waals surface area contributed by atoms with E-state index in [0.29, 0.717) is 23.8 Å². The van der Waals surface area contributed by atoms with E-state index in [1.807, 2.05) is 103 Å². The lowest BCUT2D eigenvalue weighted by Crippen LogP contribution is -2.47. The molecule has 0 unspecified atom stereocenters. The van der Waals surface area contributed by atoms with Crippen molar-refractivity contribution in [1.82, 2.24) is 20.6 Å². The Morgan fingerprint density at radius 1 is 0.863 bits per heavy atom. The third-order valence-electron chi connectivity index (χ3n) is 8.58. The van der Waals surface area contributed by atoms with E-state index < -0.39 is 24.3 Å². The summed E-state index contributed by atoms with van der Waals surface area (Å²) in [7, 11) is 1.31. The Morgan fingerprint density at radius 2 is 1.57 bits per heavy atom. The molecule has 0 bridgehead atoms. The predicted octanol–water partition coefficient (Wildman–Crippen LogP) is 6.56. The molecule has 262 valence electrons. The van der Waals surface area contributed by atoms with Crippen molar-refractivity contribution in [3.8, 4) is 11.1 Å². The summed E-state index contributed by atoms with van der Waals surface area (Å²) in [6.45, 7) is 0.232. The molecule has 1 aliphatic heterocycles. The lowest BCUT2D eigenvalue weighted by Gasteiger charge is -2.36. The van der Waals surface area contributed by atoms with Gasteiger partial charge < -0.3 is 30.0 Å². The van der Waals surface area contributed by atoms with Gasteiger partial charge >= 0.3 is 12.0 Å². The van der Waals surface area contributed by atoms with Gasteiger partial charge in [0.15, 0.2) is 11.4 Å². The number of amides is 2. The minimum Gasteiger partial charge on any atom is -0.467 e. The zero-order valence-corrected chi connectivity index (χ0v) is 29.0. The molecule has 4 atom stereocenters. The molecule has 0 saturated carbocycles. The number of ether oxygens (including phenoxy) is 3. The topological polar surface area (TPSA) is 132 Å². The van der Waals surface area contributed by atoms with E-state index in [0.717, 1.165) is 38.9 Å². The van der Waals surface area contributed by atoms with E-state index in [9.17, 15) is 14.7 Å². The van der Waals surface area contributed by atoms with Crippen molar-refractivity contribution in [2.75, 3.05) is 12.9 Å². The minimum absolute atomic E-state index is 0.0166. The van der Waals surface area contributed by atoms with E-state index in [2.05, 4.69) is 20.6 Å². The molecule has 4 aromatic carbocycles. The summed E-state index contributed by atoms with van der Waals surface area (Å²) in [6.07, 6.45) is 3.51. The van der Waals surface area contributed by atoms with Gasteiger partial charge in [0, 0.05) is 43.1 Å². The first-order valence-electron chi connectivity index (χ1n) is 16.7. The van der Waals surface area contributed by atoms with Crippen molar-refractivity contribution in [3.05, 3.63) is 149 Å². The average Bonchev–Trinajstić information content (AvgIpc) is 3.19. The van der Waals surface area contributed by atoms with Crippen molar-refractivity contribution in [3.63, 3.8) is 0 Å². The van der Waals surface area contributed by atoms with Gasteiger partial charge in [-0.15, -0.1) is 0 Å². The molecule has 1 aliphatic rings. The van der Waals surface area contributed by atoms with Crippen LogP contribution in [-0.4, -0.2) is 52.1 Å². The highest BCUT2D eigenvalue weighted by molar-refractivity contribution is 7.99. The lowest BCUT2D eigenvalue weighted by atomic mass is 9.98. The zero-order chi connectivity index (χ0) is 35.4. The van der Waals surface area contributed by atoms with E-state index in [1.165, 1.54) is 7.11 Å². The quantitative estimate of drug-likeness (QED) is 0.0709. The van der Waals surface area contributed by atoms with E-state index in [1.54, 1.807) is 30.2 Å². The first kappa shape index (κ1) is 35.7. The fourth-order valence-corrected chi connectivity index (χ4v) is 6.72. The number of aliphatic hydroxyl groups is 1. The largest absolute Gasteiger partial charge is 0.467 e. The zero-order valence-electron chi connectivity index (χ0n) is 28.2. The molecule has 11 heteroatoms. The number of benzene rings is 4. The number of hydrogen-bond donors (Lipinski definition) is 3. The smallest absolute Gasteiger partial charge is 0.328 e. The van der Waals surface area contributed by atoms with Gasteiger partial charge in [-0.2, -0.15) is 0 Å². The van der Waals surface area contributed by atoms with Crippen LogP contribution in [0.15, 0.2) is 127 Å². The third-order valence-corrected chi connectivity index (χ3v) is 9.59. The van der Waals surface area contributed by atoms with Crippen molar-refractivity contribution >= 4 is 23.8 Å². The Labute approximate surface area is 301 Å². The van der Waals surface area contributed by atoms with Crippen LogP contribution in [0.4, 0.5) is 4.79 Å². The van der Waals surface area contributed by atoms with Crippen LogP contribution in [0.1, 0.15) is 46.6 Å². The first-order chi connectivity index (χ1) is 25.0.